The summed E-state index contributed by atoms with van der Waals surface area (Å²) in [5.74, 6) is -0.289. The van der Waals surface area contributed by atoms with Crippen LogP contribution >= 0.6 is 0 Å². The number of fused-ring (bicyclic) bond motifs is 1. The molecule has 2 aromatic rings. The molecule has 0 aromatic heterocycles. The minimum absolute atomic E-state index is 0.277. The number of benzene rings is 2. The predicted octanol–water partition coefficient (Wildman–Crippen LogP) is 3.38. The Bertz CT molecular complexity index is 609. The lowest BCUT2D eigenvalue weighted by Gasteiger charge is -2.29. The summed E-state index contributed by atoms with van der Waals surface area (Å²) in [6, 6.07) is 14.1. The molecule has 0 bridgehead atoms. The van der Waals surface area contributed by atoms with Crippen LogP contribution in [0, 0.1) is 5.82 Å². The van der Waals surface area contributed by atoms with Crippen molar-refractivity contribution >= 4 is 6.29 Å². The molecule has 2 unspecified atom stereocenters. The van der Waals surface area contributed by atoms with E-state index < -0.39 is 6.10 Å². The van der Waals surface area contributed by atoms with Crippen LogP contribution in [0.2, 0.25) is 0 Å². The molecule has 3 rings (SSSR count). The van der Waals surface area contributed by atoms with Crippen LogP contribution in [-0.2, 0) is 16.0 Å². The first-order valence-corrected chi connectivity index (χ1v) is 6.22. The Morgan fingerprint density at radius 3 is 2.79 bits per heavy atom. The maximum Gasteiger partial charge on any atom is 0.153 e. The third-order valence-corrected chi connectivity index (χ3v) is 3.42. The SMILES string of the molecule is O=CC1OC(c2cccc(F)c2)Cc2ccccc21. The van der Waals surface area contributed by atoms with Crippen molar-refractivity contribution in [3.63, 3.8) is 0 Å². The zero-order chi connectivity index (χ0) is 13.2. The molecule has 0 radical (unpaired) electrons. The highest BCUT2D eigenvalue weighted by molar-refractivity contribution is 5.62. The van der Waals surface area contributed by atoms with Gasteiger partial charge in [0.1, 0.15) is 11.9 Å². The molecule has 2 aromatic carbocycles. The highest BCUT2D eigenvalue weighted by Crippen LogP contribution is 2.36. The predicted molar refractivity (Wildman–Crippen MR) is 69.2 cm³/mol. The van der Waals surface area contributed by atoms with Crippen molar-refractivity contribution in [2.24, 2.45) is 0 Å². The van der Waals surface area contributed by atoms with Crippen molar-refractivity contribution in [1.29, 1.82) is 0 Å². The van der Waals surface area contributed by atoms with Gasteiger partial charge in [-0.3, -0.25) is 0 Å². The fraction of sp³-hybridized carbons (Fsp3) is 0.188. The number of aldehydes is 1. The van der Waals surface area contributed by atoms with Gasteiger partial charge in [-0.25, -0.2) is 4.39 Å². The number of hydrogen-bond donors (Lipinski definition) is 0. The third kappa shape index (κ3) is 2.29. The van der Waals surface area contributed by atoms with Gasteiger partial charge in [0.15, 0.2) is 6.29 Å². The van der Waals surface area contributed by atoms with E-state index in [1.54, 1.807) is 6.07 Å². The molecular weight excluding hydrogens is 243 g/mol. The summed E-state index contributed by atoms with van der Waals surface area (Å²) in [6.45, 7) is 0. The third-order valence-electron chi connectivity index (χ3n) is 3.42. The summed E-state index contributed by atoms with van der Waals surface area (Å²) in [5, 5.41) is 0. The first-order chi connectivity index (χ1) is 9.28. The van der Waals surface area contributed by atoms with Crippen LogP contribution in [0.3, 0.4) is 0 Å². The van der Waals surface area contributed by atoms with Crippen LogP contribution in [0.25, 0.3) is 0 Å². The van der Waals surface area contributed by atoms with Crippen molar-refractivity contribution in [3.8, 4) is 0 Å². The molecule has 0 aliphatic carbocycles. The zero-order valence-electron chi connectivity index (χ0n) is 10.3. The summed E-state index contributed by atoms with van der Waals surface area (Å²) in [6.07, 6.45) is 0.605. The number of hydrogen-bond acceptors (Lipinski definition) is 2. The summed E-state index contributed by atoms with van der Waals surface area (Å²) >= 11 is 0. The second-order valence-electron chi connectivity index (χ2n) is 4.64. The van der Waals surface area contributed by atoms with Crippen molar-refractivity contribution in [3.05, 3.63) is 71.0 Å². The van der Waals surface area contributed by atoms with E-state index in [2.05, 4.69) is 0 Å². The summed E-state index contributed by atoms with van der Waals surface area (Å²) in [7, 11) is 0. The first-order valence-electron chi connectivity index (χ1n) is 6.22. The van der Waals surface area contributed by atoms with E-state index in [-0.39, 0.29) is 11.9 Å². The lowest BCUT2D eigenvalue weighted by atomic mass is 9.92. The Morgan fingerprint density at radius 2 is 2.00 bits per heavy atom. The number of halogens is 1. The van der Waals surface area contributed by atoms with Gasteiger partial charge in [-0.05, 0) is 28.8 Å². The van der Waals surface area contributed by atoms with Crippen molar-refractivity contribution in [2.45, 2.75) is 18.6 Å². The number of rotatable bonds is 2. The van der Waals surface area contributed by atoms with Crippen LogP contribution in [0.5, 0.6) is 0 Å². The highest BCUT2D eigenvalue weighted by Gasteiger charge is 2.27. The molecule has 0 fully saturated rings. The van der Waals surface area contributed by atoms with Gasteiger partial charge in [-0.1, -0.05) is 36.4 Å². The van der Waals surface area contributed by atoms with Crippen LogP contribution in [0.15, 0.2) is 48.5 Å². The summed E-state index contributed by atoms with van der Waals surface area (Å²) < 4.78 is 19.0. The summed E-state index contributed by atoms with van der Waals surface area (Å²) in [4.78, 5) is 11.2. The van der Waals surface area contributed by atoms with Crippen molar-refractivity contribution < 1.29 is 13.9 Å². The highest BCUT2D eigenvalue weighted by atomic mass is 19.1. The Morgan fingerprint density at radius 1 is 1.16 bits per heavy atom. The van der Waals surface area contributed by atoms with Gasteiger partial charge in [0.05, 0.1) is 6.10 Å². The Balaban J connectivity index is 1.97. The molecule has 19 heavy (non-hydrogen) atoms. The quantitative estimate of drug-likeness (QED) is 0.770. The number of carbonyl (C=O) groups excluding carboxylic acids is 1. The van der Waals surface area contributed by atoms with E-state index in [0.29, 0.717) is 6.42 Å². The molecule has 0 saturated heterocycles. The van der Waals surface area contributed by atoms with Gasteiger partial charge in [0.25, 0.3) is 0 Å². The van der Waals surface area contributed by atoms with Crippen LogP contribution in [0.4, 0.5) is 4.39 Å². The summed E-state index contributed by atoms with van der Waals surface area (Å²) in [5.41, 5.74) is 2.76. The topological polar surface area (TPSA) is 26.3 Å². The van der Waals surface area contributed by atoms with Crippen LogP contribution in [0.1, 0.15) is 28.9 Å². The van der Waals surface area contributed by atoms with Gasteiger partial charge in [-0.2, -0.15) is 0 Å². The van der Waals surface area contributed by atoms with Gasteiger partial charge in [-0.15, -0.1) is 0 Å². The molecule has 2 atom stereocenters. The molecule has 0 spiro atoms. The molecule has 0 saturated carbocycles. The maximum absolute atomic E-state index is 13.3. The second-order valence-corrected chi connectivity index (χ2v) is 4.64. The van der Waals surface area contributed by atoms with Gasteiger partial charge in [0, 0.05) is 6.42 Å². The van der Waals surface area contributed by atoms with Crippen molar-refractivity contribution in [2.75, 3.05) is 0 Å². The molecule has 0 amide bonds. The van der Waals surface area contributed by atoms with E-state index in [9.17, 15) is 9.18 Å². The fourth-order valence-electron chi connectivity index (χ4n) is 2.50. The largest absolute Gasteiger partial charge is 0.358 e. The Hall–Kier alpha value is -2.00. The van der Waals surface area contributed by atoms with Gasteiger partial charge in [0.2, 0.25) is 0 Å². The normalized spacial score (nSPS) is 21.7. The molecule has 1 aliphatic heterocycles. The van der Waals surface area contributed by atoms with E-state index in [0.717, 1.165) is 23.0 Å². The lowest BCUT2D eigenvalue weighted by Crippen LogP contribution is -2.21. The standard InChI is InChI=1S/C16H13FO2/c17-13-6-3-5-12(8-13)15-9-11-4-1-2-7-14(11)16(10-18)19-15/h1-8,10,15-16H,9H2. The van der Waals surface area contributed by atoms with Crippen LogP contribution in [-0.4, -0.2) is 6.29 Å². The molecular formula is C16H13FO2. The van der Waals surface area contributed by atoms with Crippen LogP contribution < -0.4 is 0 Å². The van der Waals surface area contributed by atoms with E-state index in [4.69, 9.17) is 4.74 Å². The number of ether oxygens (including phenoxy) is 1. The molecule has 3 heteroatoms. The average Bonchev–Trinajstić information content (AvgIpc) is 2.46. The smallest absolute Gasteiger partial charge is 0.153 e. The molecule has 1 heterocycles. The molecule has 1 aliphatic rings. The van der Waals surface area contributed by atoms with Gasteiger partial charge < -0.3 is 9.53 Å². The molecule has 2 nitrogen and oxygen atoms in total. The van der Waals surface area contributed by atoms with E-state index in [1.165, 1.54) is 12.1 Å². The molecule has 0 N–H and O–H groups in total. The first kappa shape index (κ1) is 12.1. The fourth-order valence-corrected chi connectivity index (χ4v) is 2.50. The Labute approximate surface area is 110 Å². The average molecular weight is 256 g/mol. The maximum atomic E-state index is 13.3. The zero-order valence-corrected chi connectivity index (χ0v) is 10.3. The van der Waals surface area contributed by atoms with Gasteiger partial charge >= 0.3 is 0 Å². The minimum atomic E-state index is -0.571. The van der Waals surface area contributed by atoms with Crippen molar-refractivity contribution in [1.82, 2.24) is 0 Å². The monoisotopic (exact) mass is 256 g/mol. The lowest BCUT2D eigenvalue weighted by molar-refractivity contribution is -0.124. The van der Waals surface area contributed by atoms with E-state index >= 15 is 0 Å². The second kappa shape index (κ2) is 4.94. The minimum Gasteiger partial charge on any atom is -0.358 e. The van der Waals surface area contributed by atoms with E-state index in [1.807, 2.05) is 30.3 Å². The molecule has 96 valence electrons. The number of carbonyl (C=O) groups is 1. The Kier molecular flexibility index (Phi) is 3.13.